The average molecular weight is 288 g/mol. The molecule has 2 aromatic rings. The number of benzene rings is 2. The molecule has 1 unspecified atom stereocenters. The lowest BCUT2D eigenvalue weighted by atomic mass is 10.0. The highest BCUT2D eigenvalue weighted by atomic mass is 19.1. The van der Waals surface area contributed by atoms with E-state index in [9.17, 15) is 4.39 Å². The van der Waals surface area contributed by atoms with Gasteiger partial charge in [0.1, 0.15) is 11.6 Å². The van der Waals surface area contributed by atoms with Gasteiger partial charge >= 0.3 is 0 Å². The minimum atomic E-state index is -0.260. The van der Waals surface area contributed by atoms with Gasteiger partial charge in [0.15, 0.2) is 0 Å². The number of hydrogen-bond donors (Lipinski definition) is 1. The van der Waals surface area contributed by atoms with Gasteiger partial charge in [0, 0.05) is 19.2 Å². The van der Waals surface area contributed by atoms with Crippen molar-refractivity contribution in [2.24, 2.45) is 5.73 Å². The zero-order chi connectivity index (χ0) is 15.4. The minimum absolute atomic E-state index is 0.247. The fourth-order valence-electron chi connectivity index (χ4n) is 2.40. The number of nitrogens with zero attached hydrogens (tertiary/aromatic N) is 1. The maximum absolute atomic E-state index is 13.8. The van der Waals surface area contributed by atoms with E-state index in [-0.39, 0.29) is 11.9 Å². The summed E-state index contributed by atoms with van der Waals surface area (Å²) in [6.07, 6.45) is 0. The summed E-state index contributed by atoms with van der Waals surface area (Å²) in [6.45, 7) is 2.51. The van der Waals surface area contributed by atoms with Gasteiger partial charge in [-0.1, -0.05) is 29.8 Å². The van der Waals surface area contributed by atoms with Gasteiger partial charge in [0.2, 0.25) is 0 Å². The van der Waals surface area contributed by atoms with Gasteiger partial charge < -0.3 is 15.4 Å². The standard InChI is InChI=1S/C17H21FN2O/c1-12-8-9-17(21-3)13(10-12)15(19)11-20(2)16-7-5-4-6-14(16)18/h4-10,15H,11,19H2,1-3H3. The minimum Gasteiger partial charge on any atom is -0.496 e. The van der Waals surface area contributed by atoms with Crippen molar-refractivity contribution < 1.29 is 9.13 Å². The van der Waals surface area contributed by atoms with Gasteiger partial charge in [0.25, 0.3) is 0 Å². The van der Waals surface area contributed by atoms with Crippen LogP contribution in [0.5, 0.6) is 5.75 Å². The van der Waals surface area contributed by atoms with Crippen molar-refractivity contribution in [2.45, 2.75) is 13.0 Å². The molecule has 0 radical (unpaired) electrons. The highest BCUT2D eigenvalue weighted by Crippen LogP contribution is 2.27. The molecule has 21 heavy (non-hydrogen) atoms. The third-order valence-corrected chi connectivity index (χ3v) is 3.52. The molecule has 0 amide bonds. The fraction of sp³-hybridized carbons (Fsp3) is 0.294. The Morgan fingerprint density at radius 3 is 2.62 bits per heavy atom. The second kappa shape index (κ2) is 6.59. The SMILES string of the molecule is COc1ccc(C)cc1C(N)CN(C)c1ccccc1F. The molecule has 0 aliphatic heterocycles. The molecule has 0 saturated heterocycles. The van der Waals surface area contributed by atoms with Crippen LogP contribution in [0.2, 0.25) is 0 Å². The summed E-state index contributed by atoms with van der Waals surface area (Å²) in [7, 11) is 3.46. The van der Waals surface area contributed by atoms with Gasteiger partial charge in [-0.3, -0.25) is 0 Å². The molecule has 0 saturated carbocycles. The number of likely N-dealkylation sites (N-methyl/N-ethyl adjacent to an activating group) is 1. The van der Waals surface area contributed by atoms with Crippen LogP contribution in [0.3, 0.4) is 0 Å². The number of hydrogen-bond acceptors (Lipinski definition) is 3. The van der Waals surface area contributed by atoms with Crippen LogP contribution in [0.1, 0.15) is 17.2 Å². The van der Waals surface area contributed by atoms with E-state index in [4.69, 9.17) is 10.5 Å². The van der Waals surface area contributed by atoms with Crippen LogP contribution in [-0.4, -0.2) is 20.7 Å². The second-order valence-corrected chi connectivity index (χ2v) is 5.18. The lowest BCUT2D eigenvalue weighted by molar-refractivity contribution is 0.405. The van der Waals surface area contributed by atoms with Gasteiger partial charge in [-0.25, -0.2) is 4.39 Å². The van der Waals surface area contributed by atoms with Crippen LogP contribution >= 0.6 is 0 Å². The first-order valence-corrected chi connectivity index (χ1v) is 6.88. The summed E-state index contributed by atoms with van der Waals surface area (Å²) in [5.41, 5.74) is 8.88. The van der Waals surface area contributed by atoms with E-state index in [0.29, 0.717) is 12.2 Å². The zero-order valence-corrected chi connectivity index (χ0v) is 12.6. The van der Waals surface area contributed by atoms with Crippen LogP contribution in [0, 0.1) is 12.7 Å². The quantitative estimate of drug-likeness (QED) is 0.917. The second-order valence-electron chi connectivity index (χ2n) is 5.18. The molecule has 0 aromatic heterocycles. The highest BCUT2D eigenvalue weighted by molar-refractivity contribution is 5.48. The van der Waals surface area contributed by atoms with Crippen LogP contribution < -0.4 is 15.4 Å². The van der Waals surface area contributed by atoms with Crippen LogP contribution in [-0.2, 0) is 0 Å². The molecule has 0 spiro atoms. The largest absolute Gasteiger partial charge is 0.496 e. The lowest BCUT2D eigenvalue weighted by Crippen LogP contribution is -2.29. The third-order valence-electron chi connectivity index (χ3n) is 3.52. The Bertz CT molecular complexity index is 615. The Balaban J connectivity index is 2.20. The van der Waals surface area contributed by atoms with Gasteiger partial charge in [0.05, 0.1) is 18.8 Å². The summed E-state index contributed by atoms with van der Waals surface area (Å²) in [5.74, 6) is 0.512. The van der Waals surface area contributed by atoms with E-state index in [1.165, 1.54) is 6.07 Å². The topological polar surface area (TPSA) is 38.5 Å². The van der Waals surface area contributed by atoms with Crippen LogP contribution in [0.15, 0.2) is 42.5 Å². The molecule has 0 aliphatic carbocycles. The number of ether oxygens (including phenoxy) is 1. The lowest BCUT2D eigenvalue weighted by Gasteiger charge is -2.25. The summed E-state index contributed by atoms with van der Waals surface area (Å²) in [4.78, 5) is 1.82. The molecule has 4 heteroatoms. The molecule has 0 aliphatic rings. The van der Waals surface area contributed by atoms with Crippen molar-refractivity contribution in [3.63, 3.8) is 0 Å². The number of rotatable bonds is 5. The first kappa shape index (κ1) is 15.3. The van der Waals surface area contributed by atoms with Crippen molar-refractivity contribution >= 4 is 5.69 Å². The fourth-order valence-corrected chi connectivity index (χ4v) is 2.40. The molecule has 2 aromatic carbocycles. The van der Waals surface area contributed by atoms with Gasteiger partial charge in [-0.15, -0.1) is 0 Å². The summed E-state index contributed by atoms with van der Waals surface area (Å²) < 4.78 is 19.2. The number of halogens is 1. The van der Waals surface area contributed by atoms with Gasteiger partial charge in [-0.05, 0) is 25.1 Å². The van der Waals surface area contributed by atoms with Crippen LogP contribution in [0.4, 0.5) is 10.1 Å². The predicted octanol–water partition coefficient (Wildman–Crippen LogP) is 3.28. The first-order valence-electron chi connectivity index (χ1n) is 6.88. The molecule has 3 nitrogen and oxygen atoms in total. The molecule has 0 fully saturated rings. The average Bonchev–Trinajstić information content (AvgIpc) is 2.47. The van der Waals surface area contributed by atoms with E-state index in [1.807, 2.05) is 43.1 Å². The monoisotopic (exact) mass is 288 g/mol. The summed E-state index contributed by atoms with van der Waals surface area (Å²) in [5, 5.41) is 0. The van der Waals surface area contributed by atoms with E-state index < -0.39 is 0 Å². The maximum Gasteiger partial charge on any atom is 0.146 e. The third kappa shape index (κ3) is 3.52. The Labute approximate surface area is 125 Å². The zero-order valence-electron chi connectivity index (χ0n) is 12.6. The molecule has 112 valence electrons. The smallest absolute Gasteiger partial charge is 0.146 e. The van der Waals surface area contributed by atoms with Crippen molar-refractivity contribution in [1.82, 2.24) is 0 Å². The highest BCUT2D eigenvalue weighted by Gasteiger charge is 2.16. The Kier molecular flexibility index (Phi) is 4.81. The van der Waals surface area contributed by atoms with Gasteiger partial charge in [-0.2, -0.15) is 0 Å². The molecule has 0 heterocycles. The predicted molar refractivity (Wildman–Crippen MR) is 84.3 cm³/mol. The first-order chi connectivity index (χ1) is 10.0. The number of nitrogens with two attached hydrogens (primary N) is 1. The van der Waals surface area contributed by atoms with Crippen molar-refractivity contribution in [1.29, 1.82) is 0 Å². The summed E-state index contributed by atoms with van der Waals surface area (Å²) in [6, 6.07) is 12.3. The Morgan fingerprint density at radius 2 is 1.95 bits per heavy atom. The van der Waals surface area contributed by atoms with E-state index in [1.54, 1.807) is 19.2 Å². The number of anilines is 1. The van der Waals surface area contributed by atoms with Crippen molar-refractivity contribution in [3.8, 4) is 5.75 Å². The van der Waals surface area contributed by atoms with E-state index in [0.717, 1.165) is 16.9 Å². The number of methoxy groups -OCH3 is 1. The molecular formula is C17H21FN2O. The molecule has 2 rings (SSSR count). The number of aryl methyl sites for hydroxylation is 1. The molecular weight excluding hydrogens is 267 g/mol. The molecule has 1 atom stereocenters. The van der Waals surface area contributed by atoms with Crippen LogP contribution in [0.25, 0.3) is 0 Å². The normalized spacial score (nSPS) is 12.0. The van der Waals surface area contributed by atoms with Crippen molar-refractivity contribution in [3.05, 3.63) is 59.4 Å². The summed E-state index contributed by atoms with van der Waals surface area (Å²) >= 11 is 0. The maximum atomic E-state index is 13.8. The Morgan fingerprint density at radius 1 is 1.24 bits per heavy atom. The Hall–Kier alpha value is -2.07. The number of para-hydroxylation sites is 1. The van der Waals surface area contributed by atoms with E-state index >= 15 is 0 Å². The molecule has 0 bridgehead atoms. The van der Waals surface area contributed by atoms with Crippen molar-refractivity contribution in [2.75, 3.05) is 25.6 Å². The molecule has 2 N–H and O–H groups in total. The van der Waals surface area contributed by atoms with E-state index in [2.05, 4.69) is 0 Å².